The Hall–Kier alpha value is -1.11. The Labute approximate surface area is 151 Å². The van der Waals surface area contributed by atoms with Crippen molar-refractivity contribution >= 4 is 0 Å². The summed E-state index contributed by atoms with van der Waals surface area (Å²) in [5, 5.41) is 19.6. The molecule has 4 aliphatic carbocycles. The molecule has 0 aromatic rings. The largest absolute Gasteiger partial charge is 0.390 e. The van der Waals surface area contributed by atoms with Gasteiger partial charge in [0.1, 0.15) is 0 Å². The fourth-order valence-electron chi connectivity index (χ4n) is 7.07. The number of methoxy groups -OCH3 is 1. The molecular weight excluding hydrogens is 310 g/mol. The predicted molar refractivity (Wildman–Crippen MR) is 97.6 cm³/mol. The van der Waals surface area contributed by atoms with Crippen molar-refractivity contribution in [3.8, 4) is 6.07 Å². The number of ether oxygens (including phenoxy) is 1. The number of nitrogens with zero attached hydrogens (tertiary/aromatic N) is 1. The van der Waals surface area contributed by atoms with Gasteiger partial charge < -0.3 is 9.84 Å². The lowest BCUT2D eigenvalue weighted by Gasteiger charge is -2.58. The maximum Gasteiger partial charge on any atom is 0.0911 e. The molecule has 0 spiro atoms. The van der Waals surface area contributed by atoms with Crippen molar-refractivity contribution in [2.24, 2.45) is 28.6 Å². The van der Waals surface area contributed by atoms with E-state index in [1.165, 1.54) is 30.4 Å². The summed E-state index contributed by atoms with van der Waals surface area (Å²) in [6, 6.07) is 2.29. The van der Waals surface area contributed by atoms with Crippen LogP contribution in [0.4, 0.5) is 0 Å². The topological polar surface area (TPSA) is 53.2 Å². The molecule has 0 aliphatic heterocycles. The molecule has 0 saturated heterocycles. The number of rotatable bonds is 1. The molecule has 0 unspecified atom stereocenters. The zero-order valence-electron chi connectivity index (χ0n) is 15.8. The van der Waals surface area contributed by atoms with Gasteiger partial charge in [-0.05, 0) is 73.5 Å². The first-order valence-corrected chi connectivity index (χ1v) is 9.93. The Morgan fingerprint density at radius 2 is 2.04 bits per heavy atom. The van der Waals surface area contributed by atoms with E-state index in [0.717, 1.165) is 25.7 Å². The lowest BCUT2D eigenvalue weighted by atomic mass is 9.47. The van der Waals surface area contributed by atoms with Crippen molar-refractivity contribution in [2.75, 3.05) is 7.11 Å². The molecule has 3 saturated carbocycles. The van der Waals surface area contributed by atoms with Gasteiger partial charge in [-0.25, -0.2) is 0 Å². The van der Waals surface area contributed by atoms with Gasteiger partial charge in [-0.3, -0.25) is 0 Å². The minimum Gasteiger partial charge on any atom is -0.390 e. The van der Waals surface area contributed by atoms with E-state index in [4.69, 9.17) is 10.00 Å². The second kappa shape index (κ2) is 5.96. The highest BCUT2D eigenvalue weighted by Gasteiger charge is 2.58. The third-order valence-electron chi connectivity index (χ3n) is 8.50. The number of aliphatic hydroxyl groups excluding tert-OH is 1. The van der Waals surface area contributed by atoms with Gasteiger partial charge in [0.15, 0.2) is 0 Å². The van der Waals surface area contributed by atoms with E-state index >= 15 is 0 Å². The highest BCUT2D eigenvalue weighted by Crippen LogP contribution is 2.66. The summed E-state index contributed by atoms with van der Waals surface area (Å²) in [6.45, 7) is 4.84. The van der Waals surface area contributed by atoms with E-state index in [-0.39, 0.29) is 23.0 Å². The summed E-state index contributed by atoms with van der Waals surface area (Å²) >= 11 is 0. The Morgan fingerprint density at radius 3 is 2.76 bits per heavy atom. The Kier molecular flexibility index (Phi) is 4.13. The van der Waals surface area contributed by atoms with Gasteiger partial charge in [0.2, 0.25) is 0 Å². The average Bonchev–Trinajstić information content (AvgIpc) is 2.92. The van der Waals surface area contributed by atoms with E-state index in [1.807, 2.05) is 6.08 Å². The lowest BCUT2D eigenvalue weighted by molar-refractivity contribution is -0.0898. The van der Waals surface area contributed by atoms with Crippen LogP contribution in [0.1, 0.15) is 58.8 Å². The van der Waals surface area contributed by atoms with Gasteiger partial charge in [-0.1, -0.05) is 31.1 Å². The predicted octanol–water partition coefficient (Wildman–Crippen LogP) is 4.38. The Bertz CT molecular complexity index is 659. The van der Waals surface area contributed by atoms with Gasteiger partial charge in [-0.2, -0.15) is 5.26 Å². The molecule has 25 heavy (non-hydrogen) atoms. The second-order valence-electron chi connectivity index (χ2n) is 9.30. The minimum atomic E-state index is -0.355. The summed E-state index contributed by atoms with van der Waals surface area (Å²) in [7, 11) is 1.74. The van der Waals surface area contributed by atoms with Crippen molar-refractivity contribution in [3.63, 3.8) is 0 Å². The van der Waals surface area contributed by atoms with Gasteiger partial charge in [-0.15, -0.1) is 0 Å². The van der Waals surface area contributed by atoms with Crippen LogP contribution < -0.4 is 0 Å². The van der Waals surface area contributed by atoms with Gasteiger partial charge in [0, 0.05) is 13.2 Å². The molecule has 3 heteroatoms. The van der Waals surface area contributed by atoms with Crippen molar-refractivity contribution in [3.05, 3.63) is 23.3 Å². The normalized spacial score (nSPS) is 50.4. The van der Waals surface area contributed by atoms with Crippen LogP contribution in [0.15, 0.2) is 23.3 Å². The zero-order valence-corrected chi connectivity index (χ0v) is 15.8. The molecule has 3 nitrogen and oxygen atoms in total. The summed E-state index contributed by atoms with van der Waals surface area (Å²) in [4.78, 5) is 0. The number of nitriles is 1. The highest BCUT2D eigenvalue weighted by molar-refractivity contribution is 5.31. The molecule has 1 N–H and O–H groups in total. The van der Waals surface area contributed by atoms with Crippen molar-refractivity contribution in [2.45, 2.75) is 71.0 Å². The van der Waals surface area contributed by atoms with E-state index in [1.54, 1.807) is 7.11 Å². The average molecular weight is 341 g/mol. The number of hydrogen-bond acceptors (Lipinski definition) is 3. The number of allylic oxidation sites excluding steroid dienone is 3. The fraction of sp³-hybridized carbons (Fsp3) is 0.773. The number of hydrogen-bond donors (Lipinski definition) is 1. The highest BCUT2D eigenvalue weighted by atomic mass is 16.5. The van der Waals surface area contributed by atoms with Crippen LogP contribution in [0.5, 0.6) is 0 Å². The van der Waals surface area contributed by atoms with Crippen molar-refractivity contribution in [1.82, 2.24) is 0 Å². The van der Waals surface area contributed by atoms with Gasteiger partial charge in [0.25, 0.3) is 0 Å². The van der Waals surface area contributed by atoms with Crippen LogP contribution in [0, 0.1) is 39.9 Å². The van der Waals surface area contributed by atoms with Gasteiger partial charge >= 0.3 is 0 Å². The molecule has 136 valence electrons. The van der Waals surface area contributed by atoms with Crippen LogP contribution in [-0.2, 0) is 4.74 Å². The lowest BCUT2D eigenvalue weighted by Crippen LogP contribution is -2.52. The summed E-state index contributed by atoms with van der Waals surface area (Å²) < 4.78 is 5.63. The van der Waals surface area contributed by atoms with Crippen LogP contribution in [0.2, 0.25) is 0 Å². The first kappa shape index (κ1) is 17.3. The summed E-state index contributed by atoms with van der Waals surface area (Å²) in [5.41, 5.74) is 3.27. The molecule has 0 aromatic heterocycles. The summed E-state index contributed by atoms with van der Waals surface area (Å²) in [5.74, 6) is 2.11. The smallest absolute Gasteiger partial charge is 0.0911 e. The molecule has 3 fully saturated rings. The fourth-order valence-corrected chi connectivity index (χ4v) is 7.07. The molecule has 0 bridgehead atoms. The standard InChI is InChI=1S/C22H31NO2/c1-21-10-8-18-16(17(21)7-5-14(21)9-11-23)6-4-15-12-19(24)20(25-3)13-22(15,18)2/h4,9,16-20,24H,5-8,10,12-13H2,1-3H3/b14-9-/t16-,17-,18-,19-,20-,21+,22-/m0/s1. The van der Waals surface area contributed by atoms with Crippen LogP contribution in [0.25, 0.3) is 0 Å². The summed E-state index contributed by atoms with van der Waals surface area (Å²) in [6.07, 6.45) is 11.6. The SMILES string of the molecule is CO[C@H]1C[C@@]2(C)C(=CC[C@@H]3[C@@H]2CC[C@]2(C)/C(=C\C#N)CC[C@@H]32)C[C@@H]1O. The monoisotopic (exact) mass is 341 g/mol. The number of aliphatic hydroxyl groups is 1. The Morgan fingerprint density at radius 1 is 1.28 bits per heavy atom. The molecule has 0 aromatic carbocycles. The van der Waals surface area contributed by atoms with Crippen molar-refractivity contribution < 1.29 is 9.84 Å². The minimum absolute atomic E-state index is 0.0353. The van der Waals surface area contributed by atoms with E-state index in [0.29, 0.717) is 17.8 Å². The molecule has 7 atom stereocenters. The van der Waals surface area contributed by atoms with Crippen LogP contribution in [-0.4, -0.2) is 24.4 Å². The zero-order chi connectivity index (χ0) is 17.8. The van der Waals surface area contributed by atoms with Crippen LogP contribution in [0.3, 0.4) is 0 Å². The van der Waals surface area contributed by atoms with Crippen molar-refractivity contribution in [1.29, 1.82) is 5.26 Å². The molecule has 0 amide bonds. The van der Waals surface area contributed by atoms with E-state index < -0.39 is 0 Å². The van der Waals surface area contributed by atoms with E-state index in [2.05, 4.69) is 26.0 Å². The Balaban J connectivity index is 1.67. The molecule has 4 aliphatic rings. The van der Waals surface area contributed by atoms with Gasteiger partial charge in [0.05, 0.1) is 18.3 Å². The quantitative estimate of drug-likeness (QED) is 0.568. The molecule has 4 rings (SSSR count). The first-order valence-electron chi connectivity index (χ1n) is 9.93. The third kappa shape index (κ3) is 2.37. The van der Waals surface area contributed by atoms with E-state index in [9.17, 15) is 5.11 Å². The first-order chi connectivity index (χ1) is 11.9. The third-order valence-corrected chi connectivity index (χ3v) is 8.50. The molecular formula is C22H31NO2. The van der Waals surface area contributed by atoms with Crippen LogP contribution >= 0.6 is 0 Å². The maximum absolute atomic E-state index is 10.4. The number of fused-ring (bicyclic) bond motifs is 5. The molecule has 0 heterocycles. The maximum atomic E-state index is 10.4. The molecule has 0 radical (unpaired) electrons. The second-order valence-corrected chi connectivity index (χ2v) is 9.30.